The van der Waals surface area contributed by atoms with Crippen LogP contribution >= 0.6 is 11.6 Å². The lowest BCUT2D eigenvalue weighted by Crippen LogP contribution is -2.50. The molecule has 3 rings (SSSR count). The van der Waals surface area contributed by atoms with Gasteiger partial charge in [0.15, 0.2) is 0 Å². The number of sulfonamides is 1. The van der Waals surface area contributed by atoms with Crippen molar-refractivity contribution in [1.82, 2.24) is 19.1 Å². The number of halogens is 1. The van der Waals surface area contributed by atoms with Crippen molar-refractivity contribution >= 4 is 21.6 Å². The molecule has 0 N–H and O–H groups in total. The molecular weight excluding hydrogens is 352 g/mol. The Morgan fingerprint density at radius 2 is 1.62 bits per heavy atom. The summed E-state index contributed by atoms with van der Waals surface area (Å²) in [5.41, 5.74) is 0. The maximum absolute atomic E-state index is 12.6. The van der Waals surface area contributed by atoms with Gasteiger partial charge < -0.3 is 4.74 Å². The van der Waals surface area contributed by atoms with E-state index < -0.39 is 10.0 Å². The summed E-state index contributed by atoms with van der Waals surface area (Å²) in [6, 6.07) is 3.02. The molecular formula is C15H23ClN4O3S. The Morgan fingerprint density at radius 1 is 1.00 bits per heavy atom. The molecule has 2 aliphatic heterocycles. The fraction of sp³-hybridized carbons (Fsp3) is 0.667. The molecule has 0 amide bonds. The first-order valence-corrected chi connectivity index (χ1v) is 10.0. The Bertz CT molecular complexity index is 627. The minimum absolute atomic E-state index is 0.202. The van der Waals surface area contributed by atoms with Gasteiger partial charge in [0.2, 0.25) is 10.0 Å². The highest BCUT2D eigenvalue weighted by atomic mass is 35.5. The van der Waals surface area contributed by atoms with Gasteiger partial charge in [-0.05, 0) is 12.1 Å². The summed E-state index contributed by atoms with van der Waals surface area (Å²) >= 11 is 5.73. The first kappa shape index (κ1) is 18.0. The van der Waals surface area contributed by atoms with E-state index in [4.69, 9.17) is 16.3 Å². The van der Waals surface area contributed by atoms with E-state index in [1.165, 1.54) is 22.6 Å². The molecule has 2 fully saturated rings. The topological polar surface area (TPSA) is 66.0 Å². The largest absolute Gasteiger partial charge is 0.379 e. The molecule has 0 radical (unpaired) electrons. The van der Waals surface area contributed by atoms with Gasteiger partial charge >= 0.3 is 0 Å². The third-order valence-corrected chi connectivity index (χ3v) is 6.61. The molecule has 0 aromatic carbocycles. The SMILES string of the molecule is O=S(=O)(c1ccc(Cl)nc1)N1CCN(CCN2CCOCC2)CC1. The lowest BCUT2D eigenvalue weighted by molar-refractivity contribution is 0.0317. The van der Waals surface area contributed by atoms with Gasteiger partial charge in [-0.2, -0.15) is 4.31 Å². The zero-order chi connectivity index (χ0) is 17.0. The molecule has 0 saturated carbocycles. The standard InChI is InChI=1S/C15H23ClN4O3S/c16-15-2-1-14(13-17-15)24(21,22)20-7-5-18(6-8-20)3-4-19-9-11-23-12-10-19/h1-2,13H,3-12H2. The van der Waals surface area contributed by atoms with E-state index in [1.807, 2.05) is 0 Å². The van der Waals surface area contributed by atoms with E-state index in [2.05, 4.69) is 14.8 Å². The minimum atomic E-state index is -3.48. The zero-order valence-electron chi connectivity index (χ0n) is 13.6. The predicted molar refractivity (Wildman–Crippen MR) is 91.7 cm³/mol. The van der Waals surface area contributed by atoms with Gasteiger partial charge in [-0.1, -0.05) is 11.6 Å². The van der Waals surface area contributed by atoms with Gasteiger partial charge in [-0.3, -0.25) is 9.80 Å². The molecule has 24 heavy (non-hydrogen) atoms. The molecule has 1 aromatic heterocycles. The van der Waals surface area contributed by atoms with Gasteiger partial charge in [-0.15, -0.1) is 0 Å². The summed E-state index contributed by atoms with van der Waals surface area (Å²) in [5, 5.41) is 0.293. The number of piperazine rings is 1. The van der Waals surface area contributed by atoms with Crippen molar-refractivity contribution < 1.29 is 13.2 Å². The van der Waals surface area contributed by atoms with Crippen LogP contribution in [-0.4, -0.2) is 93.1 Å². The Balaban J connectivity index is 1.49. The van der Waals surface area contributed by atoms with Crippen molar-refractivity contribution in [2.45, 2.75) is 4.90 Å². The lowest BCUT2D eigenvalue weighted by Gasteiger charge is -2.35. The molecule has 0 atom stereocenters. The van der Waals surface area contributed by atoms with Crippen molar-refractivity contribution in [3.8, 4) is 0 Å². The number of morpholine rings is 1. The Morgan fingerprint density at radius 3 is 2.21 bits per heavy atom. The summed E-state index contributed by atoms with van der Waals surface area (Å²) in [6.07, 6.45) is 1.32. The highest BCUT2D eigenvalue weighted by Gasteiger charge is 2.28. The van der Waals surface area contributed by atoms with Gasteiger partial charge in [-0.25, -0.2) is 13.4 Å². The third-order valence-electron chi connectivity index (χ3n) is 4.51. The second-order valence-corrected chi connectivity index (χ2v) is 8.34. The maximum atomic E-state index is 12.6. The second-order valence-electron chi connectivity index (χ2n) is 6.02. The number of hydrogen-bond acceptors (Lipinski definition) is 6. The minimum Gasteiger partial charge on any atom is -0.379 e. The number of hydrogen-bond donors (Lipinski definition) is 0. The number of rotatable bonds is 5. The van der Waals surface area contributed by atoms with E-state index in [1.54, 1.807) is 0 Å². The number of pyridine rings is 1. The van der Waals surface area contributed by atoms with Crippen LogP contribution < -0.4 is 0 Å². The van der Waals surface area contributed by atoms with Crippen LogP contribution in [0, 0.1) is 0 Å². The molecule has 3 heterocycles. The van der Waals surface area contributed by atoms with Crippen LogP contribution in [-0.2, 0) is 14.8 Å². The summed E-state index contributed by atoms with van der Waals surface area (Å²) < 4.78 is 32.1. The highest BCUT2D eigenvalue weighted by Crippen LogP contribution is 2.18. The second kappa shape index (κ2) is 8.07. The average molecular weight is 375 g/mol. The van der Waals surface area contributed by atoms with Crippen LogP contribution in [0.5, 0.6) is 0 Å². The van der Waals surface area contributed by atoms with Crippen molar-refractivity contribution in [2.24, 2.45) is 0 Å². The van der Waals surface area contributed by atoms with Crippen molar-refractivity contribution in [3.63, 3.8) is 0 Å². The highest BCUT2D eigenvalue weighted by molar-refractivity contribution is 7.89. The van der Waals surface area contributed by atoms with E-state index in [0.29, 0.717) is 18.2 Å². The monoisotopic (exact) mass is 374 g/mol. The van der Waals surface area contributed by atoms with E-state index in [-0.39, 0.29) is 4.90 Å². The summed E-state index contributed by atoms with van der Waals surface area (Å²) in [4.78, 5) is 8.79. The van der Waals surface area contributed by atoms with Crippen LogP contribution in [0.25, 0.3) is 0 Å². The van der Waals surface area contributed by atoms with Crippen molar-refractivity contribution in [3.05, 3.63) is 23.5 Å². The molecule has 7 nitrogen and oxygen atoms in total. The summed E-state index contributed by atoms with van der Waals surface area (Å²) in [5.74, 6) is 0. The summed E-state index contributed by atoms with van der Waals surface area (Å²) in [7, 11) is -3.48. The first-order chi connectivity index (χ1) is 11.6. The predicted octanol–water partition coefficient (Wildman–Crippen LogP) is 0.374. The normalized spacial score (nSPS) is 21.9. The number of ether oxygens (including phenoxy) is 1. The van der Waals surface area contributed by atoms with E-state index in [0.717, 1.165) is 52.5 Å². The Labute approximate surface area is 148 Å². The quantitative estimate of drug-likeness (QED) is 0.694. The molecule has 9 heteroatoms. The molecule has 134 valence electrons. The van der Waals surface area contributed by atoms with Crippen LogP contribution in [0.2, 0.25) is 5.15 Å². The molecule has 2 aliphatic rings. The van der Waals surface area contributed by atoms with Gasteiger partial charge in [0.25, 0.3) is 0 Å². The van der Waals surface area contributed by atoms with E-state index >= 15 is 0 Å². The molecule has 0 spiro atoms. The van der Waals surface area contributed by atoms with Crippen molar-refractivity contribution in [1.29, 1.82) is 0 Å². The maximum Gasteiger partial charge on any atom is 0.244 e. The zero-order valence-corrected chi connectivity index (χ0v) is 15.2. The van der Waals surface area contributed by atoms with Crippen LogP contribution in [0.1, 0.15) is 0 Å². The fourth-order valence-electron chi connectivity index (χ4n) is 2.97. The Kier molecular flexibility index (Phi) is 6.07. The molecule has 0 unspecified atom stereocenters. The molecule has 2 saturated heterocycles. The molecule has 0 bridgehead atoms. The van der Waals surface area contributed by atoms with Crippen LogP contribution in [0.3, 0.4) is 0 Å². The van der Waals surface area contributed by atoms with Gasteiger partial charge in [0.1, 0.15) is 10.0 Å². The van der Waals surface area contributed by atoms with Gasteiger partial charge in [0, 0.05) is 58.6 Å². The number of nitrogens with zero attached hydrogens (tertiary/aromatic N) is 4. The van der Waals surface area contributed by atoms with Crippen molar-refractivity contribution in [2.75, 3.05) is 65.6 Å². The van der Waals surface area contributed by atoms with Crippen LogP contribution in [0.15, 0.2) is 23.2 Å². The van der Waals surface area contributed by atoms with E-state index in [9.17, 15) is 8.42 Å². The smallest absolute Gasteiger partial charge is 0.244 e. The fourth-order valence-corrected chi connectivity index (χ4v) is 4.44. The van der Waals surface area contributed by atoms with Gasteiger partial charge in [0.05, 0.1) is 13.2 Å². The molecule has 1 aromatic rings. The Hall–Kier alpha value is -0.770. The average Bonchev–Trinajstić information content (AvgIpc) is 2.61. The first-order valence-electron chi connectivity index (χ1n) is 8.20. The van der Waals surface area contributed by atoms with Crippen LogP contribution in [0.4, 0.5) is 0 Å². The number of aromatic nitrogens is 1. The third kappa shape index (κ3) is 4.44. The lowest BCUT2D eigenvalue weighted by atomic mass is 10.3. The summed E-state index contributed by atoms with van der Waals surface area (Å²) in [6.45, 7) is 8.09. The molecule has 0 aliphatic carbocycles.